The minimum atomic E-state index is -0.543. The van der Waals surface area contributed by atoms with Crippen LogP contribution in [-0.4, -0.2) is 63.8 Å². The summed E-state index contributed by atoms with van der Waals surface area (Å²) in [5.74, 6) is 0.621. The van der Waals surface area contributed by atoms with Gasteiger partial charge in [-0.05, 0) is 12.5 Å². The Kier molecular flexibility index (Phi) is 8.75. The van der Waals surface area contributed by atoms with E-state index in [-0.39, 0.29) is 30.0 Å². The van der Waals surface area contributed by atoms with Crippen molar-refractivity contribution in [2.24, 2.45) is 12.0 Å². The zero-order valence-electron chi connectivity index (χ0n) is 17.0. The monoisotopic (exact) mass is 519 g/mol. The molecule has 1 aromatic heterocycles. The van der Waals surface area contributed by atoms with Gasteiger partial charge in [0.2, 0.25) is 0 Å². The van der Waals surface area contributed by atoms with Crippen LogP contribution in [0.15, 0.2) is 29.5 Å². The molecule has 10 heteroatoms. The summed E-state index contributed by atoms with van der Waals surface area (Å²) >= 11 is 0. The molecule has 0 saturated carbocycles. The van der Waals surface area contributed by atoms with Crippen LogP contribution >= 0.6 is 24.0 Å². The van der Waals surface area contributed by atoms with Crippen LogP contribution in [0, 0.1) is 11.6 Å². The highest BCUT2D eigenvalue weighted by Gasteiger charge is 2.27. The zero-order valence-corrected chi connectivity index (χ0v) is 19.3. The Bertz CT molecular complexity index is 819. The maximum atomic E-state index is 14.3. The van der Waals surface area contributed by atoms with Gasteiger partial charge < -0.3 is 10.2 Å². The van der Waals surface area contributed by atoms with E-state index in [0.29, 0.717) is 12.1 Å². The number of nitrogens with one attached hydrogen (secondary N) is 1. The second-order valence-corrected chi connectivity index (χ2v) is 6.81. The lowest BCUT2D eigenvalue weighted by molar-refractivity contribution is 0.124. The van der Waals surface area contributed by atoms with Crippen LogP contribution in [-0.2, 0) is 13.6 Å². The Hall–Kier alpha value is -1.82. The van der Waals surface area contributed by atoms with E-state index in [1.54, 1.807) is 17.8 Å². The second kappa shape index (κ2) is 10.8. The molecule has 2 heterocycles. The van der Waals surface area contributed by atoms with Gasteiger partial charge in [0, 0.05) is 57.9 Å². The minimum Gasteiger partial charge on any atom is -0.349 e. The summed E-state index contributed by atoms with van der Waals surface area (Å²) in [5.41, 5.74) is 0.558. The lowest BCUT2D eigenvalue weighted by atomic mass is 10.0. The molecule has 3 rings (SSSR count). The van der Waals surface area contributed by atoms with Crippen molar-refractivity contribution in [1.82, 2.24) is 29.9 Å². The smallest absolute Gasteiger partial charge is 0.194 e. The third-order valence-electron chi connectivity index (χ3n) is 5.18. The van der Waals surface area contributed by atoms with Crippen LogP contribution in [0.25, 0.3) is 0 Å². The van der Waals surface area contributed by atoms with E-state index in [1.807, 2.05) is 14.0 Å². The quantitative estimate of drug-likeness (QED) is 0.374. The predicted molar refractivity (Wildman–Crippen MR) is 119 cm³/mol. The number of aliphatic imine (C=N–C) groups is 1. The van der Waals surface area contributed by atoms with E-state index in [4.69, 9.17) is 0 Å². The molecule has 0 bridgehead atoms. The first kappa shape index (κ1) is 23.5. The molecule has 1 unspecified atom stereocenters. The SMILES string of the molecule is CCC(c1ccc(F)cc1F)N1CCN(C(=NC)NCc2ncnn2C)CC1.I. The molecule has 0 amide bonds. The van der Waals surface area contributed by atoms with Crippen molar-refractivity contribution in [2.75, 3.05) is 33.2 Å². The van der Waals surface area contributed by atoms with E-state index in [2.05, 4.69) is 30.2 Å². The number of aromatic nitrogens is 3. The fraction of sp³-hybridized carbons (Fsp3) is 0.526. The van der Waals surface area contributed by atoms with Gasteiger partial charge in [-0.3, -0.25) is 14.6 Å². The third-order valence-corrected chi connectivity index (χ3v) is 5.18. The first-order valence-corrected chi connectivity index (χ1v) is 9.51. The van der Waals surface area contributed by atoms with E-state index >= 15 is 0 Å². The number of nitrogens with zero attached hydrogens (tertiary/aromatic N) is 6. The van der Waals surface area contributed by atoms with E-state index in [9.17, 15) is 8.78 Å². The lowest BCUT2D eigenvalue weighted by Crippen LogP contribution is -2.53. The number of benzene rings is 1. The predicted octanol–water partition coefficient (Wildman–Crippen LogP) is 2.56. The number of piperazine rings is 1. The van der Waals surface area contributed by atoms with Crippen molar-refractivity contribution in [3.63, 3.8) is 0 Å². The molecule has 0 aliphatic carbocycles. The van der Waals surface area contributed by atoms with Crippen molar-refractivity contribution in [2.45, 2.75) is 25.9 Å². The number of guanidine groups is 1. The molecule has 1 aromatic carbocycles. The number of hydrogen-bond donors (Lipinski definition) is 1. The summed E-state index contributed by atoms with van der Waals surface area (Å²) in [7, 11) is 3.61. The summed E-state index contributed by atoms with van der Waals surface area (Å²) in [5, 5.41) is 7.38. The number of halogens is 3. The molecule has 1 atom stereocenters. The Morgan fingerprint density at radius 2 is 1.97 bits per heavy atom. The maximum absolute atomic E-state index is 14.3. The summed E-state index contributed by atoms with van der Waals surface area (Å²) < 4.78 is 29.2. The Morgan fingerprint density at radius 3 is 2.52 bits per heavy atom. The van der Waals surface area contributed by atoms with Gasteiger partial charge in [-0.1, -0.05) is 13.0 Å². The average molecular weight is 519 g/mol. The highest BCUT2D eigenvalue weighted by atomic mass is 127. The van der Waals surface area contributed by atoms with Crippen LogP contribution in [0.1, 0.15) is 30.8 Å². The van der Waals surface area contributed by atoms with E-state index in [1.165, 1.54) is 12.4 Å². The summed E-state index contributed by atoms with van der Waals surface area (Å²) in [6.07, 6.45) is 2.29. The highest BCUT2D eigenvalue weighted by molar-refractivity contribution is 14.0. The van der Waals surface area contributed by atoms with E-state index < -0.39 is 11.6 Å². The lowest BCUT2D eigenvalue weighted by Gasteiger charge is -2.40. The van der Waals surface area contributed by atoms with Gasteiger partial charge in [-0.15, -0.1) is 24.0 Å². The minimum absolute atomic E-state index is 0. The van der Waals surface area contributed by atoms with Crippen LogP contribution in [0.5, 0.6) is 0 Å². The topological polar surface area (TPSA) is 61.6 Å². The van der Waals surface area contributed by atoms with Crippen LogP contribution in [0.2, 0.25) is 0 Å². The summed E-state index contributed by atoms with van der Waals surface area (Å²) in [6.45, 7) is 5.68. The van der Waals surface area contributed by atoms with Gasteiger partial charge in [0.1, 0.15) is 23.8 Å². The largest absolute Gasteiger partial charge is 0.349 e. The second-order valence-electron chi connectivity index (χ2n) is 6.81. The molecule has 1 aliphatic heterocycles. The van der Waals surface area contributed by atoms with Gasteiger partial charge in [0.15, 0.2) is 5.96 Å². The fourth-order valence-electron chi connectivity index (χ4n) is 3.66. The molecular weight excluding hydrogens is 491 g/mol. The van der Waals surface area contributed by atoms with Gasteiger partial charge in [-0.2, -0.15) is 5.10 Å². The Labute approximate surface area is 187 Å². The molecule has 1 saturated heterocycles. The fourth-order valence-corrected chi connectivity index (χ4v) is 3.66. The molecule has 1 aliphatic rings. The van der Waals surface area contributed by atoms with Crippen LogP contribution in [0.3, 0.4) is 0 Å². The van der Waals surface area contributed by atoms with E-state index in [0.717, 1.165) is 50.5 Å². The highest BCUT2D eigenvalue weighted by Crippen LogP contribution is 2.28. The zero-order chi connectivity index (χ0) is 20.1. The van der Waals surface area contributed by atoms with Gasteiger partial charge in [0.25, 0.3) is 0 Å². The van der Waals surface area contributed by atoms with Crippen LogP contribution < -0.4 is 5.32 Å². The van der Waals surface area contributed by atoms with Crippen molar-refractivity contribution in [1.29, 1.82) is 0 Å². The van der Waals surface area contributed by atoms with Gasteiger partial charge in [0.05, 0.1) is 6.54 Å². The summed E-state index contributed by atoms with van der Waals surface area (Å²) in [6, 6.07) is 3.80. The van der Waals surface area contributed by atoms with Crippen molar-refractivity contribution in [3.05, 3.63) is 47.5 Å². The molecule has 29 heavy (non-hydrogen) atoms. The van der Waals surface area contributed by atoms with Gasteiger partial charge in [-0.25, -0.2) is 13.8 Å². The molecule has 7 nitrogen and oxygen atoms in total. The van der Waals surface area contributed by atoms with Crippen LogP contribution in [0.4, 0.5) is 8.78 Å². The van der Waals surface area contributed by atoms with Crippen molar-refractivity contribution >= 4 is 29.9 Å². The molecule has 0 radical (unpaired) electrons. The Morgan fingerprint density at radius 1 is 1.24 bits per heavy atom. The van der Waals surface area contributed by atoms with Crippen molar-refractivity contribution < 1.29 is 8.78 Å². The third kappa shape index (κ3) is 5.62. The normalized spacial score (nSPS) is 16.4. The molecule has 1 fully saturated rings. The molecule has 160 valence electrons. The van der Waals surface area contributed by atoms with Gasteiger partial charge >= 0.3 is 0 Å². The standard InChI is InChI=1S/C19H27F2N7.HI/c1-4-17(15-6-5-14(20)11-16(15)21)27-7-9-28(10-8-27)19(22-2)23-12-18-24-13-25-26(18)3;/h5-6,11,13,17H,4,7-10,12H2,1-3H3,(H,22,23);1H. The number of hydrogen-bond acceptors (Lipinski definition) is 4. The first-order valence-electron chi connectivity index (χ1n) is 9.51. The summed E-state index contributed by atoms with van der Waals surface area (Å²) in [4.78, 5) is 13.0. The maximum Gasteiger partial charge on any atom is 0.194 e. The molecule has 2 aromatic rings. The van der Waals surface area contributed by atoms with Crippen molar-refractivity contribution in [3.8, 4) is 0 Å². The molecule has 1 N–H and O–H groups in total. The molecular formula is C19H28F2IN7. The Balaban J connectivity index is 0.00000300. The molecule has 0 spiro atoms. The number of aryl methyl sites for hydroxylation is 1. The first-order chi connectivity index (χ1) is 13.5. The average Bonchev–Trinajstić information content (AvgIpc) is 3.10. The number of rotatable bonds is 5.